The van der Waals surface area contributed by atoms with Gasteiger partial charge < -0.3 is 14.9 Å². The minimum Gasteiger partial charge on any atom is -0.488 e. The molecule has 2 rings (SSSR count). The van der Waals surface area contributed by atoms with Crippen LogP contribution in [0.15, 0.2) is 18.2 Å². The van der Waals surface area contributed by atoms with E-state index in [1.165, 1.54) is 23.1 Å². The molecule has 0 amide bonds. The van der Waals surface area contributed by atoms with E-state index in [-0.39, 0.29) is 31.6 Å². The van der Waals surface area contributed by atoms with Crippen LogP contribution in [0.3, 0.4) is 0 Å². The van der Waals surface area contributed by atoms with Crippen molar-refractivity contribution < 1.29 is 28.9 Å². The Morgan fingerprint density at radius 1 is 1.30 bits per heavy atom. The zero-order valence-corrected chi connectivity index (χ0v) is 10.6. The molecule has 108 valence electrons. The number of carbonyl (C=O) groups is 2. The van der Waals surface area contributed by atoms with Gasteiger partial charge in [0, 0.05) is 18.5 Å². The molecule has 20 heavy (non-hydrogen) atoms. The Labute approximate surface area is 114 Å². The summed E-state index contributed by atoms with van der Waals surface area (Å²) in [5.41, 5.74) is 0.709. The van der Waals surface area contributed by atoms with Crippen molar-refractivity contribution in [3.8, 4) is 5.75 Å². The highest BCUT2D eigenvalue weighted by molar-refractivity contribution is 5.72. The van der Waals surface area contributed by atoms with Crippen LogP contribution in [-0.2, 0) is 16.0 Å². The third-order valence-corrected chi connectivity index (χ3v) is 2.94. The molecule has 7 heteroatoms. The van der Waals surface area contributed by atoms with Gasteiger partial charge in [-0.3, -0.25) is 14.5 Å². The Morgan fingerprint density at radius 3 is 2.55 bits per heavy atom. The number of aliphatic carboxylic acids is 2. The molecule has 0 radical (unpaired) electrons. The van der Waals surface area contributed by atoms with Crippen molar-refractivity contribution in [1.29, 1.82) is 0 Å². The van der Waals surface area contributed by atoms with Crippen LogP contribution in [0.25, 0.3) is 0 Å². The Morgan fingerprint density at radius 2 is 1.95 bits per heavy atom. The van der Waals surface area contributed by atoms with Crippen LogP contribution >= 0.6 is 0 Å². The fourth-order valence-electron chi connectivity index (χ4n) is 2.25. The molecular formula is C13H14FNO5. The summed E-state index contributed by atoms with van der Waals surface area (Å²) in [6, 6.07) is 4.17. The minimum absolute atomic E-state index is 0.162. The van der Waals surface area contributed by atoms with E-state index < -0.39 is 11.9 Å². The molecule has 0 saturated carbocycles. The van der Waals surface area contributed by atoms with Crippen LogP contribution < -0.4 is 4.74 Å². The van der Waals surface area contributed by atoms with E-state index in [2.05, 4.69) is 0 Å². The lowest BCUT2D eigenvalue weighted by Crippen LogP contribution is -2.41. The molecular weight excluding hydrogens is 269 g/mol. The summed E-state index contributed by atoms with van der Waals surface area (Å²) in [4.78, 5) is 22.7. The molecule has 2 N–H and O–H groups in total. The van der Waals surface area contributed by atoms with Crippen LogP contribution in [0.1, 0.15) is 5.56 Å². The van der Waals surface area contributed by atoms with Gasteiger partial charge in [-0.05, 0) is 18.2 Å². The Balaban J connectivity index is 1.99. The van der Waals surface area contributed by atoms with Crippen molar-refractivity contribution in [2.45, 2.75) is 12.5 Å². The molecule has 0 spiro atoms. The van der Waals surface area contributed by atoms with Crippen molar-refractivity contribution in [1.82, 2.24) is 4.90 Å². The molecule has 1 heterocycles. The lowest BCUT2D eigenvalue weighted by Gasteiger charge is -2.21. The smallest absolute Gasteiger partial charge is 0.317 e. The van der Waals surface area contributed by atoms with Crippen LogP contribution in [0, 0.1) is 5.82 Å². The van der Waals surface area contributed by atoms with Gasteiger partial charge in [-0.2, -0.15) is 0 Å². The summed E-state index contributed by atoms with van der Waals surface area (Å²) in [6.45, 7) is -0.595. The van der Waals surface area contributed by atoms with Crippen LogP contribution in [0.5, 0.6) is 5.75 Å². The highest BCUT2D eigenvalue weighted by Gasteiger charge is 2.26. The Bertz CT molecular complexity index is 517. The van der Waals surface area contributed by atoms with Gasteiger partial charge in [0.05, 0.1) is 13.1 Å². The minimum atomic E-state index is -1.10. The van der Waals surface area contributed by atoms with Crippen molar-refractivity contribution >= 4 is 11.9 Å². The molecule has 0 aliphatic carbocycles. The van der Waals surface area contributed by atoms with Crippen molar-refractivity contribution in [3.63, 3.8) is 0 Å². The first-order valence-corrected chi connectivity index (χ1v) is 6.05. The first-order chi connectivity index (χ1) is 9.44. The van der Waals surface area contributed by atoms with Gasteiger partial charge in [-0.1, -0.05) is 0 Å². The van der Waals surface area contributed by atoms with E-state index in [1.807, 2.05) is 0 Å². The Kier molecular flexibility index (Phi) is 4.19. The maximum Gasteiger partial charge on any atom is 0.317 e. The lowest BCUT2D eigenvalue weighted by atomic mass is 10.1. The summed E-state index contributed by atoms with van der Waals surface area (Å²) >= 11 is 0. The molecule has 6 nitrogen and oxygen atoms in total. The second-order valence-corrected chi connectivity index (χ2v) is 4.65. The fourth-order valence-corrected chi connectivity index (χ4v) is 2.25. The molecule has 1 atom stereocenters. The molecule has 0 bridgehead atoms. The monoisotopic (exact) mass is 283 g/mol. The van der Waals surface area contributed by atoms with Crippen LogP contribution in [-0.4, -0.2) is 52.8 Å². The number of rotatable bonds is 6. The number of halogens is 1. The third-order valence-electron chi connectivity index (χ3n) is 2.94. The van der Waals surface area contributed by atoms with Gasteiger partial charge in [-0.25, -0.2) is 4.39 Å². The van der Waals surface area contributed by atoms with Gasteiger partial charge in [0.15, 0.2) is 0 Å². The third kappa shape index (κ3) is 3.67. The summed E-state index contributed by atoms with van der Waals surface area (Å²) in [6.07, 6.45) is 0.0635. The summed E-state index contributed by atoms with van der Waals surface area (Å²) in [7, 11) is 0. The zero-order valence-electron chi connectivity index (χ0n) is 10.6. The first kappa shape index (κ1) is 14.3. The van der Waals surface area contributed by atoms with Gasteiger partial charge in [0.2, 0.25) is 0 Å². The maximum atomic E-state index is 13.1. The molecule has 1 aromatic carbocycles. The molecule has 1 aliphatic rings. The van der Waals surface area contributed by atoms with Crippen molar-refractivity contribution in [2.24, 2.45) is 0 Å². The van der Waals surface area contributed by atoms with Gasteiger partial charge in [0.25, 0.3) is 0 Å². The second-order valence-electron chi connectivity index (χ2n) is 4.65. The summed E-state index contributed by atoms with van der Waals surface area (Å²) < 4.78 is 18.6. The molecule has 1 aliphatic heterocycles. The molecule has 0 fully saturated rings. The number of carboxylic acid groups (broad SMARTS) is 2. The standard InChI is InChI=1S/C13H14FNO5/c14-9-1-2-11-8(3-9)4-10(20-11)5-15(6-12(16)17)7-13(18)19/h1-3,10H,4-7H2,(H,16,17)(H,18,19). The quantitative estimate of drug-likeness (QED) is 0.795. The van der Waals surface area contributed by atoms with Crippen molar-refractivity contribution in [2.75, 3.05) is 19.6 Å². The average molecular weight is 283 g/mol. The largest absolute Gasteiger partial charge is 0.488 e. The zero-order chi connectivity index (χ0) is 14.7. The van der Waals surface area contributed by atoms with E-state index >= 15 is 0 Å². The number of carboxylic acids is 2. The highest BCUT2D eigenvalue weighted by atomic mass is 19.1. The summed E-state index contributed by atoms with van der Waals surface area (Å²) in [5.74, 6) is -2.01. The second kappa shape index (κ2) is 5.87. The highest BCUT2D eigenvalue weighted by Crippen LogP contribution is 2.29. The Hall–Kier alpha value is -2.15. The number of benzene rings is 1. The van der Waals surface area contributed by atoms with E-state index in [1.54, 1.807) is 0 Å². The van der Waals surface area contributed by atoms with Crippen LogP contribution in [0.4, 0.5) is 4.39 Å². The number of hydrogen-bond donors (Lipinski definition) is 2. The van der Waals surface area contributed by atoms with Crippen LogP contribution in [0.2, 0.25) is 0 Å². The van der Waals surface area contributed by atoms with Gasteiger partial charge in [-0.15, -0.1) is 0 Å². The SMILES string of the molecule is O=C(O)CN(CC(=O)O)CC1Cc2cc(F)ccc2O1. The van der Waals surface area contributed by atoms with E-state index in [4.69, 9.17) is 14.9 Å². The maximum absolute atomic E-state index is 13.1. The predicted molar refractivity (Wildman–Crippen MR) is 66.2 cm³/mol. The molecule has 1 unspecified atom stereocenters. The lowest BCUT2D eigenvalue weighted by molar-refractivity contribution is -0.142. The normalized spacial score (nSPS) is 16.8. The van der Waals surface area contributed by atoms with Gasteiger partial charge >= 0.3 is 11.9 Å². The van der Waals surface area contributed by atoms with E-state index in [9.17, 15) is 14.0 Å². The molecule has 1 aromatic rings. The molecule has 0 saturated heterocycles. The van der Waals surface area contributed by atoms with Crippen molar-refractivity contribution in [3.05, 3.63) is 29.6 Å². The fraction of sp³-hybridized carbons (Fsp3) is 0.385. The van der Waals surface area contributed by atoms with Gasteiger partial charge in [0.1, 0.15) is 17.7 Å². The van der Waals surface area contributed by atoms with E-state index in [0.717, 1.165) is 0 Å². The number of fused-ring (bicyclic) bond motifs is 1. The number of ether oxygens (including phenoxy) is 1. The average Bonchev–Trinajstić information content (AvgIpc) is 2.68. The number of hydrogen-bond acceptors (Lipinski definition) is 4. The van der Waals surface area contributed by atoms with E-state index in [0.29, 0.717) is 17.7 Å². The predicted octanol–water partition coefficient (Wildman–Crippen LogP) is 0.600. The first-order valence-electron chi connectivity index (χ1n) is 6.05. The molecule has 0 aromatic heterocycles. The number of nitrogens with zero attached hydrogens (tertiary/aromatic N) is 1. The summed E-state index contributed by atoms with van der Waals surface area (Å²) in [5, 5.41) is 17.5. The topological polar surface area (TPSA) is 87.1 Å².